The van der Waals surface area contributed by atoms with Crippen LogP contribution in [0, 0.1) is 0 Å². The Morgan fingerprint density at radius 3 is 2.56 bits per heavy atom. The van der Waals surface area contributed by atoms with Crippen LogP contribution in [0.4, 0.5) is 11.6 Å². The fourth-order valence-electron chi connectivity index (χ4n) is 3.41. The number of nitrogens with two attached hydrogens (primary N) is 3. The second-order valence-corrected chi connectivity index (χ2v) is 8.16. The maximum absolute atomic E-state index is 12.3. The molecule has 34 heavy (non-hydrogen) atoms. The van der Waals surface area contributed by atoms with E-state index in [4.69, 9.17) is 38.3 Å². The van der Waals surface area contributed by atoms with Gasteiger partial charge in [-0.2, -0.15) is 4.99 Å². The number of nitrogen functional groups attached to an aromatic ring is 2. The summed E-state index contributed by atoms with van der Waals surface area (Å²) in [6.45, 7) is 6.63. The van der Waals surface area contributed by atoms with E-state index in [1.165, 1.54) is 5.56 Å². The topological polar surface area (TPSA) is 167 Å². The standard InChI is InChI=1S/C22H29ClN8O3/c1-13(33-2)12-34-16-5-3-14(4-6-16)11-31-9-7-15(8-10-31)27-22(26)30-21(32)17-19(24)29-20(25)18(23)28-17/h3-6,15H,1,7-12H2,2H3,(H4,24,25,29)(H3,26,27,30,32). The number of aromatic nitrogens is 2. The van der Waals surface area contributed by atoms with Gasteiger partial charge in [-0.15, -0.1) is 0 Å². The summed E-state index contributed by atoms with van der Waals surface area (Å²) in [6.07, 6.45) is 1.70. The molecule has 1 aromatic heterocycles. The third-order valence-electron chi connectivity index (χ3n) is 5.29. The quantitative estimate of drug-likeness (QED) is 0.243. The zero-order valence-corrected chi connectivity index (χ0v) is 19.7. The molecule has 1 saturated heterocycles. The first-order valence-corrected chi connectivity index (χ1v) is 11.0. The Kier molecular flexibility index (Phi) is 8.50. The van der Waals surface area contributed by atoms with E-state index in [0.29, 0.717) is 12.4 Å². The summed E-state index contributed by atoms with van der Waals surface area (Å²) in [5, 5.41) is 2.96. The number of methoxy groups -OCH3 is 1. The van der Waals surface area contributed by atoms with E-state index in [1.54, 1.807) is 7.11 Å². The number of amides is 1. The number of guanidine groups is 1. The second kappa shape index (κ2) is 11.5. The number of nitrogens with one attached hydrogen (secondary N) is 1. The van der Waals surface area contributed by atoms with E-state index in [-0.39, 0.29) is 34.5 Å². The van der Waals surface area contributed by atoms with Crippen LogP contribution in [0.1, 0.15) is 28.9 Å². The van der Waals surface area contributed by atoms with Gasteiger partial charge in [0.2, 0.25) is 0 Å². The molecule has 1 aliphatic heterocycles. The maximum Gasteiger partial charge on any atom is 0.302 e. The molecule has 0 unspecified atom stereocenters. The van der Waals surface area contributed by atoms with Gasteiger partial charge in [-0.3, -0.25) is 9.69 Å². The number of carbonyl (C=O) groups is 1. The van der Waals surface area contributed by atoms with Crippen LogP contribution in [-0.4, -0.2) is 59.6 Å². The first-order valence-electron chi connectivity index (χ1n) is 10.6. The molecule has 2 heterocycles. The second-order valence-electron chi connectivity index (χ2n) is 7.81. The smallest absolute Gasteiger partial charge is 0.302 e. The van der Waals surface area contributed by atoms with Crippen LogP contribution < -0.4 is 27.3 Å². The number of ether oxygens (including phenoxy) is 2. The van der Waals surface area contributed by atoms with E-state index in [2.05, 4.69) is 31.8 Å². The summed E-state index contributed by atoms with van der Waals surface area (Å²) in [5.74, 6) is 0.371. The zero-order valence-electron chi connectivity index (χ0n) is 19.0. The van der Waals surface area contributed by atoms with Crippen LogP contribution in [-0.2, 0) is 11.3 Å². The lowest BCUT2D eigenvalue weighted by molar-refractivity contribution is 0.0998. The Hall–Kier alpha value is -3.57. The van der Waals surface area contributed by atoms with Gasteiger partial charge in [0.25, 0.3) is 0 Å². The third kappa shape index (κ3) is 6.96. The Balaban J connectivity index is 1.46. The Labute approximate surface area is 203 Å². The van der Waals surface area contributed by atoms with Crippen LogP contribution in [0.5, 0.6) is 5.75 Å². The molecule has 1 amide bonds. The van der Waals surface area contributed by atoms with E-state index in [1.807, 2.05) is 24.3 Å². The van der Waals surface area contributed by atoms with E-state index in [9.17, 15) is 4.79 Å². The molecular formula is C22H29ClN8O3. The average Bonchev–Trinajstić information content (AvgIpc) is 2.81. The number of hydrogen-bond donors (Lipinski definition) is 4. The molecule has 3 rings (SSSR count). The zero-order chi connectivity index (χ0) is 24.7. The van der Waals surface area contributed by atoms with E-state index >= 15 is 0 Å². The number of halogens is 1. The predicted molar refractivity (Wildman–Crippen MR) is 131 cm³/mol. The van der Waals surface area contributed by atoms with Crippen molar-refractivity contribution >= 4 is 35.1 Å². The summed E-state index contributed by atoms with van der Waals surface area (Å²) < 4.78 is 10.6. The molecule has 1 aliphatic rings. The Morgan fingerprint density at radius 1 is 1.24 bits per heavy atom. The summed E-state index contributed by atoms with van der Waals surface area (Å²) in [4.78, 5) is 26.1. The summed E-state index contributed by atoms with van der Waals surface area (Å²) in [6, 6.07) is 8.06. The number of carbonyl (C=O) groups excluding carboxylic acids is 1. The van der Waals surface area contributed by atoms with Crippen molar-refractivity contribution in [2.24, 2.45) is 10.7 Å². The lowest BCUT2D eigenvalue weighted by Gasteiger charge is -2.32. The van der Waals surface area contributed by atoms with Gasteiger partial charge in [-0.25, -0.2) is 9.97 Å². The van der Waals surface area contributed by atoms with E-state index in [0.717, 1.165) is 38.2 Å². The summed E-state index contributed by atoms with van der Waals surface area (Å²) in [5.41, 5.74) is 18.1. The van der Waals surface area contributed by atoms with Crippen molar-refractivity contribution in [2.45, 2.75) is 25.4 Å². The van der Waals surface area contributed by atoms with Gasteiger partial charge >= 0.3 is 5.91 Å². The molecule has 0 spiro atoms. The van der Waals surface area contributed by atoms with Crippen molar-refractivity contribution in [3.63, 3.8) is 0 Å². The fraction of sp³-hybridized carbons (Fsp3) is 0.364. The summed E-state index contributed by atoms with van der Waals surface area (Å²) in [7, 11) is 1.57. The van der Waals surface area contributed by atoms with Crippen molar-refractivity contribution < 1.29 is 14.3 Å². The molecule has 1 fully saturated rings. The number of rotatable bonds is 8. The van der Waals surface area contributed by atoms with Gasteiger partial charge in [0.15, 0.2) is 28.4 Å². The van der Waals surface area contributed by atoms with E-state index < -0.39 is 5.91 Å². The first-order chi connectivity index (χ1) is 16.2. The monoisotopic (exact) mass is 488 g/mol. The number of anilines is 2. The van der Waals surface area contributed by atoms with Gasteiger partial charge in [-0.1, -0.05) is 30.3 Å². The lowest BCUT2D eigenvalue weighted by atomic mass is 10.0. The minimum absolute atomic E-state index is 0.00987. The molecule has 1 aromatic carbocycles. The molecule has 182 valence electrons. The highest BCUT2D eigenvalue weighted by atomic mass is 35.5. The number of nitrogens with zero attached hydrogens (tertiary/aromatic N) is 4. The number of piperidine rings is 1. The van der Waals surface area contributed by atoms with Gasteiger partial charge in [-0.05, 0) is 30.5 Å². The van der Waals surface area contributed by atoms with Gasteiger partial charge in [0.05, 0.1) is 7.11 Å². The third-order valence-corrected chi connectivity index (χ3v) is 5.57. The SMILES string of the molecule is C=C(COc1ccc(CN2CCC(N/C(N)=N/C(=O)c3nc(Cl)c(N)nc3N)CC2)cc1)OC. The van der Waals surface area contributed by atoms with Gasteiger partial charge < -0.3 is 32.0 Å². The van der Waals surface area contributed by atoms with Crippen molar-refractivity contribution in [1.29, 1.82) is 0 Å². The molecule has 12 heteroatoms. The molecule has 2 aromatic rings. The minimum Gasteiger partial charge on any atom is -0.498 e. The molecule has 0 radical (unpaired) electrons. The normalized spacial score (nSPS) is 15.1. The molecule has 0 bridgehead atoms. The highest BCUT2D eigenvalue weighted by Gasteiger charge is 2.21. The Morgan fingerprint density at radius 2 is 1.91 bits per heavy atom. The first kappa shape index (κ1) is 25.1. The van der Waals surface area contributed by atoms with Gasteiger partial charge in [0.1, 0.15) is 18.1 Å². The maximum atomic E-state index is 12.3. The predicted octanol–water partition coefficient (Wildman–Crippen LogP) is 1.54. The molecule has 0 saturated carbocycles. The minimum atomic E-state index is -0.742. The van der Waals surface area contributed by atoms with Crippen LogP contribution >= 0.6 is 11.6 Å². The van der Waals surface area contributed by atoms with Crippen molar-refractivity contribution in [3.05, 3.63) is 53.0 Å². The Bertz CT molecular complexity index is 1050. The number of benzene rings is 1. The van der Waals surface area contributed by atoms with Crippen LogP contribution in [0.3, 0.4) is 0 Å². The van der Waals surface area contributed by atoms with Crippen molar-refractivity contribution in [1.82, 2.24) is 20.2 Å². The largest absolute Gasteiger partial charge is 0.498 e. The van der Waals surface area contributed by atoms with Crippen LogP contribution in [0.15, 0.2) is 41.6 Å². The highest BCUT2D eigenvalue weighted by Crippen LogP contribution is 2.19. The highest BCUT2D eigenvalue weighted by molar-refractivity contribution is 6.31. The molecular weight excluding hydrogens is 460 g/mol. The number of hydrogen-bond acceptors (Lipinski definition) is 8. The number of likely N-dealkylation sites (tertiary alicyclic amines) is 1. The molecule has 11 nitrogen and oxygen atoms in total. The fourth-order valence-corrected chi connectivity index (χ4v) is 3.54. The van der Waals surface area contributed by atoms with Crippen molar-refractivity contribution in [3.8, 4) is 5.75 Å². The van der Waals surface area contributed by atoms with Gasteiger partial charge in [0, 0.05) is 25.7 Å². The number of aliphatic imine (C=N–C) groups is 1. The van der Waals surface area contributed by atoms with Crippen LogP contribution in [0.25, 0.3) is 0 Å². The van der Waals surface area contributed by atoms with Crippen LogP contribution in [0.2, 0.25) is 5.15 Å². The molecule has 0 aliphatic carbocycles. The molecule has 0 atom stereocenters. The van der Waals surface area contributed by atoms with Crippen molar-refractivity contribution in [2.75, 3.05) is 38.3 Å². The average molecular weight is 489 g/mol. The summed E-state index contributed by atoms with van der Waals surface area (Å²) >= 11 is 5.81. The lowest BCUT2D eigenvalue weighted by Crippen LogP contribution is -2.47. The molecule has 7 N–H and O–H groups in total.